The van der Waals surface area contributed by atoms with Gasteiger partial charge in [0.1, 0.15) is 11.5 Å². The highest BCUT2D eigenvalue weighted by molar-refractivity contribution is 5.53. The molecule has 4 rings (SSSR count). The van der Waals surface area contributed by atoms with Gasteiger partial charge in [-0.1, -0.05) is 12.8 Å². The Kier molecular flexibility index (Phi) is 4.15. The monoisotopic (exact) mass is 310 g/mol. The van der Waals surface area contributed by atoms with E-state index in [-0.39, 0.29) is 0 Å². The van der Waals surface area contributed by atoms with Gasteiger partial charge in [-0.05, 0) is 32.2 Å². The lowest BCUT2D eigenvalue weighted by Crippen LogP contribution is -2.33. The van der Waals surface area contributed by atoms with Gasteiger partial charge in [0.05, 0.1) is 12.2 Å². The standard InChI is InChI=1S/C17H22N6/c1-2-5-13(4-1)23-11-3-6-14(23)16-17(21-10-9-20-16)22-15-12-18-7-8-19-15/h7-10,12-14H,1-6,11H2,(H,19,21,22). The maximum Gasteiger partial charge on any atom is 0.154 e. The van der Waals surface area contributed by atoms with Gasteiger partial charge >= 0.3 is 0 Å². The fraction of sp³-hybridized carbons (Fsp3) is 0.529. The van der Waals surface area contributed by atoms with Gasteiger partial charge in [0.15, 0.2) is 5.82 Å². The number of likely N-dealkylation sites (tertiary alicyclic amines) is 1. The van der Waals surface area contributed by atoms with E-state index in [4.69, 9.17) is 0 Å². The van der Waals surface area contributed by atoms with Crippen molar-refractivity contribution in [1.29, 1.82) is 0 Å². The molecule has 1 N–H and O–H groups in total. The van der Waals surface area contributed by atoms with E-state index in [1.54, 1.807) is 31.0 Å². The zero-order chi connectivity index (χ0) is 15.5. The van der Waals surface area contributed by atoms with Crippen molar-refractivity contribution in [2.24, 2.45) is 0 Å². The van der Waals surface area contributed by atoms with Crippen molar-refractivity contribution in [2.45, 2.75) is 50.6 Å². The van der Waals surface area contributed by atoms with Crippen LogP contribution in [0.4, 0.5) is 11.6 Å². The van der Waals surface area contributed by atoms with Crippen LogP contribution < -0.4 is 5.32 Å². The molecular weight excluding hydrogens is 288 g/mol. The fourth-order valence-corrected chi connectivity index (χ4v) is 3.93. The van der Waals surface area contributed by atoms with Gasteiger partial charge in [0.25, 0.3) is 0 Å². The first-order valence-electron chi connectivity index (χ1n) is 8.51. The van der Waals surface area contributed by atoms with Crippen molar-refractivity contribution in [3.63, 3.8) is 0 Å². The molecule has 23 heavy (non-hydrogen) atoms. The van der Waals surface area contributed by atoms with E-state index in [2.05, 4.69) is 30.2 Å². The molecule has 120 valence electrons. The van der Waals surface area contributed by atoms with E-state index in [0.717, 1.165) is 17.9 Å². The van der Waals surface area contributed by atoms with Crippen molar-refractivity contribution >= 4 is 11.6 Å². The van der Waals surface area contributed by atoms with Crippen LogP contribution in [0.2, 0.25) is 0 Å². The van der Waals surface area contributed by atoms with Crippen LogP contribution in [0.3, 0.4) is 0 Å². The summed E-state index contributed by atoms with van der Waals surface area (Å²) in [4.78, 5) is 20.2. The maximum atomic E-state index is 4.66. The highest BCUT2D eigenvalue weighted by Gasteiger charge is 2.35. The van der Waals surface area contributed by atoms with Gasteiger partial charge in [-0.25, -0.2) is 9.97 Å². The highest BCUT2D eigenvalue weighted by atomic mass is 15.2. The van der Waals surface area contributed by atoms with Crippen molar-refractivity contribution < 1.29 is 0 Å². The van der Waals surface area contributed by atoms with E-state index in [1.807, 2.05) is 0 Å². The molecule has 0 spiro atoms. The Hall–Kier alpha value is -2.08. The lowest BCUT2D eigenvalue weighted by atomic mass is 10.1. The topological polar surface area (TPSA) is 66.8 Å². The Labute approximate surface area is 136 Å². The van der Waals surface area contributed by atoms with E-state index >= 15 is 0 Å². The first kappa shape index (κ1) is 14.5. The zero-order valence-corrected chi connectivity index (χ0v) is 13.2. The Bertz CT molecular complexity index is 641. The third-order valence-corrected chi connectivity index (χ3v) is 4.94. The summed E-state index contributed by atoms with van der Waals surface area (Å²) in [6, 6.07) is 1.08. The second-order valence-electron chi connectivity index (χ2n) is 6.34. The number of hydrogen-bond donors (Lipinski definition) is 1. The third-order valence-electron chi connectivity index (χ3n) is 4.94. The summed E-state index contributed by atoms with van der Waals surface area (Å²) in [6.07, 6.45) is 16.3. The number of nitrogens with zero attached hydrogens (tertiary/aromatic N) is 5. The van der Waals surface area contributed by atoms with Gasteiger partial charge in [-0.3, -0.25) is 14.9 Å². The maximum absolute atomic E-state index is 4.66. The van der Waals surface area contributed by atoms with Gasteiger partial charge in [0, 0.05) is 30.8 Å². The van der Waals surface area contributed by atoms with Gasteiger partial charge in [-0.15, -0.1) is 0 Å². The van der Waals surface area contributed by atoms with E-state index in [1.165, 1.54) is 38.6 Å². The average molecular weight is 310 g/mol. The van der Waals surface area contributed by atoms with E-state index in [0.29, 0.717) is 17.9 Å². The lowest BCUT2D eigenvalue weighted by molar-refractivity contribution is 0.180. The molecular formula is C17H22N6. The quantitative estimate of drug-likeness (QED) is 0.936. The van der Waals surface area contributed by atoms with Crippen LogP contribution in [0.5, 0.6) is 0 Å². The summed E-state index contributed by atoms with van der Waals surface area (Å²) >= 11 is 0. The average Bonchev–Trinajstić information content (AvgIpc) is 3.27. The van der Waals surface area contributed by atoms with Crippen LogP contribution in [-0.4, -0.2) is 37.4 Å². The molecule has 2 aromatic heterocycles. The number of rotatable bonds is 4. The van der Waals surface area contributed by atoms with Crippen LogP contribution in [-0.2, 0) is 0 Å². The van der Waals surface area contributed by atoms with Crippen molar-refractivity contribution in [2.75, 3.05) is 11.9 Å². The molecule has 0 radical (unpaired) electrons. The molecule has 2 aromatic rings. The smallest absolute Gasteiger partial charge is 0.154 e. The number of anilines is 2. The lowest BCUT2D eigenvalue weighted by Gasteiger charge is -2.30. The summed E-state index contributed by atoms with van der Waals surface area (Å²) in [6.45, 7) is 1.18. The molecule has 1 saturated carbocycles. The number of aromatic nitrogens is 4. The van der Waals surface area contributed by atoms with Crippen LogP contribution in [0.1, 0.15) is 50.3 Å². The molecule has 1 saturated heterocycles. The van der Waals surface area contributed by atoms with Crippen LogP contribution in [0.25, 0.3) is 0 Å². The van der Waals surface area contributed by atoms with Crippen LogP contribution in [0, 0.1) is 0 Å². The SMILES string of the molecule is c1cnc(Nc2nccnc2C2CCCN2C2CCCC2)cn1. The second-order valence-corrected chi connectivity index (χ2v) is 6.34. The summed E-state index contributed by atoms with van der Waals surface area (Å²) in [7, 11) is 0. The van der Waals surface area contributed by atoms with Gasteiger partial charge < -0.3 is 5.32 Å². The molecule has 6 nitrogen and oxygen atoms in total. The first-order chi connectivity index (χ1) is 11.4. The predicted octanol–water partition coefficient (Wildman–Crippen LogP) is 3.09. The molecule has 0 amide bonds. The molecule has 0 aromatic carbocycles. The predicted molar refractivity (Wildman–Crippen MR) is 88.3 cm³/mol. The Morgan fingerprint density at radius 2 is 1.74 bits per heavy atom. The number of hydrogen-bond acceptors (Lipinski definition) is 6. The van der Waals surface area contributed by atoms with Crippen molar-refractivity contribution in [1.82, 2.24) is 24.8 Å². The van der Waals surface area contributed by atoms with Crippen LogP contribution >= 0.6 is 0 Å². The minimum Gasteiger partial charge on any atom is -0.322 e. The normalized spacial score (nSPS) is 22.5. The Morgan fingerprint density at radius 3 is 2.57 bits per heavy atom. The molecule has 0 bridgehead atoms. The summed E-state index contributed by atoms with van der Waals surface area (Å²) in [5.74, 6) is 1.52. The van der Waals surface area contributed by atoms with E-state index in [9.17, 15) is 0 Å². The van der Waals surface area contributed by atoms with Crippen LogP contribution in [0.15, 0.2) is 31.0 Å². The molecule has 1 aliphatic carbocycles. The largest absolute Gasteiger partial charge is 0.322 e. The Morgan fingerprint density at radius 1 is 0.913 bits per heavy atom. The molecule has 6 heteroatoms. The van der Waals surface area contributed by atoms with Gasteiger partial charge in [0.2, 0.25) is 0 Å². The molecule has 1 aliphatic heterocycles. The molecule has 2 fully saturated rings. The molecule has 1 atom stereocenters. The number of nitrogens with one attached hydrogen (secondary N) is 1. The van der Waals surface area contributed by atoms with Crippen molar-refractivity contribution in [3.05, 3.63) is 36.7 Å². The molecule has 2 aliphatic rings. The van der Waals surface area contributed by atoms with E-state index < -0.39 is 0 Å². The Balaban J connectivity index is 1.60. The summed E-state index contributed by atoms with van der Waals surface area (Å²) < 4.78 is 0. The fourth-order valence-electron chi connectivity index (χ4n) is 3.93. The zero-order valence-electron chi connectivity index (χ0n) is 13.2. The second kappa shape index (κ2) is 6.58. The molecule has 1 unspecified atom stereocenters. The van der Waals surface area contributed by atoms with Gasteiger partial charge in [-0.2, -0.15) is 0 Å². The summed E-state index contributed by atoms with van der Waals surface area (Å²) in [5, 5.41) is 3.29. The van der Waals surface area contributed by atoms with Crippen molar-refractivity contribution in [3.8, 4) is 0 Å². The summed E-state index contributed by atoms with van der Waals surface area (Å²) in [5.41, 5.74) is 1.04. The molecule has 3 heterocycles. The minimum atomic E-state index is 0.367. The minimum absolute atomic E-state index is 0.367. The highest BCUT2D eigenvalue weighted by Crippen LogP contribution is 2.39. The third kappa shape index (κ3) is 3.03. The first-order valence-corrected chi connectivity index (χ1v) is 8.51.